The van der Waals surface area contributed by atoms with Crippen molar-refractivity contribution in [2.45, 2.75) is 164 Å². The van der Waals surface area contributed by atoms with Gasteiger partial charge in [-0.05, 0) is 104 Å². The molecule has 0 aromatic rings. The predicted molar refractivity (Wildman–Crippen MR) is 167 cm³/mol. The maximum Gasteiger partial charge on any atom is 0.305 e. The minimum Gasteiger partial charge on any atom is -0.462 e. The van der Waals surface area contributed by atoms with Crippen LogP contribution in [0.3, 0.4) is 0 Å². The van der Waals surface area contributed by atoms with Gasteiger partial charge in [-0.2, -0.15) is 0 Å². The molecule has 0 unspecified atom stereocenters. The molecule has 7 nitrogen and oxygen atoms in total. The van der Waals surface area contributed by atoms with Crippen molar-refractivity contribution in [3.8, 4) is 0 Å². The number of carbonyl (C=O) groups is 2. The van der Waals surface area contributed by atoms with E-state index >= 15 is 0 Å². The number of ether oxygens (including phenoxy) is 3. The second-order valence-corrected chi connectivity index (χ2v) is 18.0. The van der Waals surface area contributed by atoms with Crippen LogP contribution in [0.1, 0.15) is 128 Å². The molecule has 0 aromatic heterocycles. The van der Waals surface area contributed by atoms with E-state index in [4.69, 9.17) is 14.2 Å². The zero-order chi connectivity index (χ0) is 32.6. The van der Waals surface area contributed by atoms with Gasteiger partial charge in [0.25, 0.3) is 0 Å². The fourth-order valence-electron chi connectivity index (χ4n) is 14.0. The zero-order valence-electron chi connectivity index (χ0n) is 29.3. The van der Waals surface area contributed by atoms with E-state index in [0.29, 0.717) is 24.7 Å². The second-order valence-electron chi connectivity index (χ2n) is 18.0. The highest BCUT2D eigenvalue weighted by Gasteiger charge is 2.90. The van der Waals surface area contributed by atoms with Crippen LogP contribution in [0.25, 0.3) is 0 Å². The number of aliphatic hydroxyl groups is 2. The molecule has 0 radical (unpaired) electrons. The summed E-state index contributed by atoms with van der Waals surface area (Å²) in [7, 11) is 0. The number of aliphatic hydroxyl groups excluding tert-OH is 1. The van der Waals surface area contributed by atoms with Gasteiger partial charge in [0.1, 0.15) is 6.10 Å². The topological polar surface area (TPSA) is 102 Å². The van der Waals surface area contributed by atoms with Gasteiger partial charge in [0, 0.05) is 24.2 Å². The molecule has 0 aromatic carbocycles. The Labute approximate surface area is 265 Å². The minimum absolute atomic E-state index is 0.0338. The lowest BCUT2D eigenvalue weighted by atomic mass is 9.38. The van der Waals surface area contributed by atoms with Gasteiger partial charge in [-0.3, -0.25) is 9.59 Å². The molecule has 1 heterocycles. The van der Waals surface area contributed by atoms with Gasteiger partial charge in [0.05, 0.1) is 23.9 Å². The lowest BCUT2D eigenvalue weighted by molar-refractivity contribution is -0.222. The molecule has 14 atom stereocenters. The van der Waals surface area contributed by atoms with Gasteiger partial charge < -0.3 is 24.4 Å². The summed E-state index contributed by atoms with van der Waals surface area (Å²) in [5, 5.41) is 23.6. The van der Waals surface area contributed by atoms with Crippen LogP contribution < -0.4 is 0 Å². The third-order valence-corrected chi connectivity index (χ3v) is 16.3. The molecule has 1 aliphatic heterocycles. The molecule has 5 saturated carbocycles. The Morgan fingerprint density at radius 1 is 1.02 bits per heavy atom. The van der Waals surface area contributed by atoms with Gasteiger partial charge >= 0.3 is 11.9 Å². The van der Waals surface area contributed by atoms with Crippen LogP contribution in [-0.4, -0.2) is 58.3 Å². The number of esters is 2. The highest BCUT2D eigenvalue weighted by atomic mass is 16.6. The molecule has 6 rings (SSSR count). The molecule has 7 heteroatoms. The Balaban J connectivity index is 1.36. The number of rotatable bonds is 5. The molecule has 2 N–H and O–H groups in total. The minimum atomic E-state index is -1.27. The Hall–Kier alpha value is -1.18. The standard InChI is InChI=1S/C37H60O7/c1-12-26(39)44-25-14-16-37-21(3)36(37)18-17-33(9)27-20(2)19-23(30(32(7,8)41)42-22(4)38)43-28(27)29(40)35(33,11)24(36)13-15-34(37,10)31(25,5)6/h20-21,23-25,27-30,40-41H,12-19H2,1-11H3/t20-,21+,23-,24+,25+,27+,28+,29+,30+,33-,34+,35-,36+,37-/m1/s1. The van der Waals surface area contributed by atoms with Crippen LogP contribution >= 0.6 is 0 Å². The third kappa shape index (κ3) is 3.61. The van der Waals surface area contributed by atoms with E-state index in [9.17, 15) is 19.8 Å². The van der Waals surface area contributed by atoms with E-state index in [1.807, 2.05) is 6.92 Å². The van der Waals surface area contributed by atoms with Crippen LogP contribution in [0, 0.1) is 56.2 Å². The van der Waals surface area contributed by atoms with Crippen LogP contribution in [-0.2, 0) is 23.8 Å². The van der Waals surface area contributed by atoms with E-state index in [1.54, 1.807) is 13.8 Å². The van der Waals surface area contributed by atoms with E-state index in [2.05, 4.69) is 48.5 Å². The van der Waals surface area contributed by atoms with Gasteiger partial charge in [0.2, 0.25) is 0 Å². The second kappa shape index (κ2) is 9.69. The Bertz CT molecular complexity index is 1210. The summed E-state index contributed by atoms with van der Waals surface area (Å²) in [5.74, 6) is 0.820. The number of fused-ring (bicyclic) bond motifs is 4. The average Bonchev–Trinajstić information content (AvgIpc) is 3.40. The predicted octanol–water partition coefficient (Wildman–Crippen LogP) is 6.46. The van der Waals surface area contributed by atoms with Crippen molar-refractivity contribution in [1.29, 1.82) is 0 Å². The summed E-state index contributed by atoms with van der Waals surface area (Å²) < 4.78 is 18.7. The average molecular weight is 617 g/mol. The van der Waals surface area contributed by atoms with Crippen LogP contribution in [0.15, 0.2) is 0 Å². The maximum atomic E-state index is 12.6. The van der Waals surface area contributed by atoms with Gasteiger partial charge in [0.15, 0.2) is 6.10 Å². The Kier molecular flexibility index (Phi) is 7.21. The number of hydrogen-bond donors (Lipinski definition) is 2. The highest BCUT2D eigenvalue weighted by molar-refractivity contribution is 5.69. The van der Waals surface area contributed by atoms with Gasteiger partial charge in [-0.25, -0.2) is 0 Å². The summed E-state index contributed by atoms with van der Waals surface area (Å²) in [4.78, 5) is 24.5. The summed E-state index contributed by atoms with van der Waals surface area (Å²) in [5.41, 5.74) is -1.49. The normalized spacial score (nSPS) is 52.8. The Morgan fingerprint density at radius 3 is 2.27 bits per heavy atom. The molecular formula is C37H60O7. The Morgan fingerprint density at radius 2 is 1.68 bits per heavy atom. The first-order chi connectivity index (χ1) is 20.2. The summed E-state index contributed by atoms with van der Waals surface area (Å²) in [6, 6.07) is 0. The molecule has 2 spiro atoms. The van der Waals surface area contributed by atoms with Crippen LogP contribution in [0.2, 0.25) is 0 Å². The van der Waals surface area contributed by atoms with Gasteiger partial charge in [-0.1, -0.05) is 55.4 Å². The lowest BCUT2D eigenvalue weighted by Crippen LogP contribution is -2.63. The van der Waals surface area contributed by atoms with Crippen LogP contribution in [0.5, 0.6) is 0 Å². The van der Waals surface area contributed by atoms with E-state index in [1.165, 1.54) is 13.3 Å². The van der Waals surface area contributed by atoms with Crippen molar-refractivity contribution in [3.63, 3.8) is 0 Å². The smallest absolute Gasteiger partial charge is 0.305 e. The first-order valence-corrected chi connectivity index (χ1v) is 17.6. The summed E-state index contributed by atoms with van der Waals surface area (Å²) >= 11 is 0. The van der Waals surface area contributed by atoms with Gasteiger partial charge in [-0.15, -0.1) is 0 Å². The molecule has 1 saturated heterocycles. The zero-order valence-corrected chi connectivity index (χ0v) is 29.3. The van der Waals surface area contributed by atoms with Crippen molar-refractivity contribution < 1.29 is 34.0 Å². The number of hydrogen-bond acceptors (Lipinski definition) is 7. The maximum absolute atomic E-state index is 12.6. The fraction of sp³-hybridized carbons (Fsp3) is 0.946. The van der Waals surface area contributed by atoms with Crippen LogP contribution in [0.4, 0.5) is 0 Å². The monoisotopic (exact) mass is 616 g/mol. The first kappa shape index (κ1) is 32.7. The van der Waals surface area contributed by atoms with Crippen molar-refractivity contribution in [2.75, 3.05) is 0 Å². The fourth-order valence-corrected chi connectivity index (χ4v) is 14.0. The summed E-state index contributed by atoms with van der Waals surface area (Å²) in [6.45, 7) is 23.4. The SMILES string of the molecule is CCC(=O)O[C@H]1CC[C@]23[C@@H](C)[C@]24CC[C@]2(C)[C@@H]5[C@H](O[C@@H]([C@H](OC(C)=O)C(C)(C)O)C[C@H]5C)[C@H](O)[C@@]2(C)[C@@H]4CC[C@@]3(C)C1(C)C. The molecular weight excluding hydrogens is 556 g/mol. The molecule has 0 bridgehead atoms. The molecule has 0 amide bonds. The van der Waals surface area contributed by atoms with E-state index in [0.717, 1.165) is 32.1 Å². The van der Waals surface area contributed by atoms with E-state index < -0.39 is 29.9 Å². The van der Waals surface area contributed by atoms with Crippen molar-refractivity contribution in [3.05, 3.63) is 0 Å². The third-order valence-electron chi connectivity index (χ3n) is 16.3. The van der Waals surface area contributed by atoms with Crippen molar-refractivity contribution >= 4 is 11.9 Å². The van der Waals surface area contributed by atoms with Crippen molar-refractivity contribution in [1.82, 2.24) is 0 Å². The molecule has 44 heavy (non-hydrogen) atoms. The molecule has 5 aliphatic carbocycles. The first-order valence-electron chi connectivity index (χ1n) is 17.6. The molecule has 250 valence electrons. The summed E-state index contributed by atoms with van der Waals surface area (Å²) in [6.07, 6.45) is 5.07. The number of carbonyl (C=O) groups excluding carboxylic acids is 2. The highest BCUT2D eigenvalue weighted by Crippen LogP contribution is 2.94. The largest absolute Gasteiger partial charge is 0.462 e. The molecule has 6 aliphatic rings. The molecule has 6 fully saturated rings. The quantitative estimate of drug-likeness (QED) is 0.342. The van der Waals surface area contributed by atoms with E-state index in [-0.39, 0.29) is 62.5 Å². The lowest BCUT2D eigenvalue weighted by Gasteiger charge is -2.67. The van der Waals surface area contributed by atoms with Crippen molar-refractivity contribution in [2.24, 2.45) is 56.2 Å².